The lowest BCUT2D eigenvalue weighted by atomic mass is 9.88. The lowest BCUT2D eigenvalue weighted by Gasteiger charge is -2.23. The molecule has 0 amide bonds. The summed E-state index contributed by atoms with van der Waals surface area (Å²) in [5.41, 5.74) is 0. The quantitative estimate of drug-likeness (QED) is 0.430. The van der Waals surface area contributed by atoms with Crippen LogP contribution in [0.5, 0.6) is 0 Å². The second-order valence-corrected chi connectivity index (χ2v) is 6.33. The van der Waals surface area contributed by atoms with Gasteiger partial charge in [-0.2, -0.15) is 0 Å². The van der Waals surface area contributed by atoms with Crippen LogP contribution in [0.4, 0.5) is 0 Å². The van der Waals surface area contributed by atoms with Crippen molar-refractivity contribution >= 4 is 7.85 Å². The average Bonchev–Trinajstić information content (AvgIpc) is 2.14. The molecule has 0 radical (unpaired) electrons. The summed E-state index contributed by atoms with van der Waals surface area (Å²) in [6.07, 6.45) is 2.48. The SMILES string of the molecule is BC(COCCCC(C)C)CN(C)CC(C)C. The first kappa shape index (κ1) is 17.0. The van der Waals surface area contributed by atoms with E-state index in [1.54, 1.807) is 0 Å². The Labute approximate surface area is 110 Å². The number of hydrogen-bond acceptors (Lipinski definition) is 2. The van der Waals surface area contributed by atoms with Gasteiger partial charge >= 0.3 is 0 Å². The Kier molecular flexibility index (Phi) is 9.95. The molecule has 0 heterocycles. The Balaban J connectivity index is 3.42. The number of nitrogens with zero attached hydrogens (tertiary/aromatic N) is 1. The predicted molar refractivity (Wildman–Crippen MR) is 79.5 cm³/mol. The lowest BCUT2D eigenvalue weighted by molar-refractivity contribution is 0.117. The van der Waals surface area contributed by atoms with Crippen LogP contribution < -0.4 is 0 Å². The number of rotatable bonds is 10. The van der Waals surface area contributed by atoms with Gasteiger partial charge in [0.15, 0.2) is 0 Å². The second-order valence-electron chi connectivity index (χ2n) is 6.33. The molecule has 0 saturated heterocycles. The van der Waals surface area contributed by atoms with Crippen LogP contribution >= 0.6 is 0 Å². The Bertz CT molecular complexity index is 174. The first-order valence-corrected chi connectivity index (χ1v) is 7.18. The van der Waals surface area contributed by atoms with Gasteiger partial charge in [0.2, 0.25) is 0 Å². The Hall–Kier alpha value is -0.0151. The maximum absolute atomic E-state index is 5.73. The zero-order valence-corrected chi connectivity index (χ0v) is 12.8. The zero-order valence-electron chi connectivity index (χ0n) is 12.8. The highest BCUT2D eigenvalue weighted by Crippen LogP contribution is 2.07. The van der Waals surface area contributed by atoms with Crippen LogP contribution in [0.3, 0.4) is 0 Å². The van der Waals surface area contributed by atoms with E-state index >= 15 is 0 Å². The van der Waals surface area contributed by atoms with E-state index in [0.29, 0.717) is 5.82 Å². The first-order valence-electron chi connectivity index (χ1n) is 7.18. The summed E-state index contributed by atoms with van der Waals surface area (Å²) in [6.45, 7) is 13.2. The topological polar surface area (TPSA) is 12.5 Å². The van der Waals surface area contributed by atoms with Gasteiger partial charge in [-0.15, -0.1) is 0 Å². The third-order valence-electron chi connectivity index (χ3n) is 2.77. The largest absolute Gasteiger partial charge is 0.382 e. The van der Waals surface area contributed by atoms with E-state index in [1.165, 1.54) is 19.4 Å². The summed E-state index contributed by atoms with van der Waals surface area (Å²) in [4.78, 5) is 2.41. The van der Waals surface area contributed by atoms with Crippen LogP contribution in [0.25, 0.3) is 0 Å². The van der Waals surface area contributed by atoms with E-state index in [0.717, 1.165) is 31.6 Å². The monoisotopic (exact) mass is 241 g/mol. The normalized spacial score (nSPS) is 13.9. The molecular formula is C14H32BNO. The summed E-state index contributed by atoms with van der Waals surface area (Å²) in [7, 11) is 4.48. The van der Waals surface area contributed by atoms with Gasteiger partial charge in [-0.25, -0.2) is 0 Å². The van der Waals surface area contributed by atoms with Crippen LogP contribution in [0.2, 0.25) is 5.82 Å². The molecule has 0 aromatic rings. The fourth-order valence-corrected chi connectivity index (χ4v) is 2.16. The molecule has 17 heavy (non-hydrogen) atoms. The highest BCUT2D eigenvalue weighted by molar-refractivity contribution is 6.11. The van der Waals surface area contributed by atoms with Gasteiger partial charge < -0.3 is 9.64 Å². The third-order valence-corrected chi connectivity index (χ3v) is 2.77. The molecule has 0 N–H and O–H groups in total. The maximum Gasteiger partial charge on any atom is 0.110 e. The van der Waals surface area contributed by atoms with Crippen LogP contribution in [-0.4, -0.2) is 46.1 Å². The molecule has 0 rings (SSSR count). The van der Waals surface area contributed by atoms with Crippen LogP contribution in [0.1, 0.15) is 40.5 Å². The summed E-state index contributed by atoms with van der Waals surface area (Å²) in [5, 5.41) is 0. The standard InChI is InChI=1S/C14H32BNO/c1-12(2)7-6-8-17-11-14(15)10-16(5)9-13(3)4/h12-14H,6-11,15H2,1-5H3. The smallest absolute Gasteiger partial charge is 0.110 e. The van der Waals surface area contributed by atoms with E-state index in [4.69, 9.17) is 4.74 Å². The van der Waals surface area contributed by atoms with E-state index < -0.39 is 0 Å². The van der Waals surface area contributed by atoms with Crippen molar-refractivity contribution in [3.63, 3.8) is 0 Å². The van der Waals surface area contributed by atoms with Crippen molar-refractivity contribution in [2.24, 2.45) is 11.8 Å². The maximum atomic E-state index is 5.73. The molecule has 0 aliphatic rings. The van der Waals surface area contributed by atoms with Gasteiger partial charge in [-0.3, -0.25) is 0 Å². The van der Waals surface area contributed by atoms with Gasteiger partial charge in [0.1, 0.15) is 7.85 Å². The molecular weight excluding hydrogens is 209 g/mol. The number of hydrogen-bond donors (Lipinski definition) is 0. The van der Waals surface area contributed by atoms with Gasteiger partial charge in [0, 0.05) is 19.8 Å². The third kappa shape index (κ3) is 12.2. The zero-order chi connectivity index (χ0) is 13.3. The van der Waals surface area contributed by atoms with Crippen molar-refractivity contribution in [1.82, 2.24) is 4.90 Å². The van der Waals surface area contributed by atoms with Crippen LogP contribution in [-0.2, 0) is 4.74 Å². The summed E-state index contributed by atoms with van der Waals surface area (Å²) in [6, 6.07) is 0. The lowest BCUT2D eigenvalue weighted by Crippen LogP contribution is -2.28. The molecule has 1 unspecified atom stereocenters. The summed E-state index contributed by atoms with van der Waals surface area (Å²) < 4.78 is 5.73. The van der Waals surface area contributed by atoms with E-state index in [-0.39, 0.29) is 0 Å². The van der Waals surface area contributed by atoms with Crippen LogP contribution in [0.15, 0.2) is 0 Å². The Morgan fingerprint density at radius 1 is 1.06 bits per heavy atom. The van der Waals surface area contributed by atoms with Gasteiger partial charge in [0.05, 0.1) is 0 Å². The molecule has 0 aromatic carbocycles. The van der Waals surface area contributed by atoms with Gasteiger partial charge in [0.25, 0.3) is 0 Å². The molecule has 2 nitrogen and oxygen atoms in total. The molecule has 102 valence electrons. The average molecular weight is 241 g/mol. The molecule has 0 fully saturated rings. The predicted octanol–water partition coefficient (Wildman–Crippen LogP) is 2.45. The Morgan fingerprint density at radius 2 is 1.71 bits per heavy atom. The molecule has 1 atom stereocenters. The van der Waals surface area contributed by atoms with Gasteiger partial charge in [-0.1, -0.05) is 27.7 Å². The van der Waals surface area contributed by atoms with Crippen LogP contribution in [0, 0.1) is 11.8 Å². The first-order chi connectivity index (χ1) is 7.91. The molecule has 0 spiro atoms. The minimum atomic E-state index is 0.637. The van der Waals surface area contributed by atoms with Crippen molar-refractivity contribution in [3.05, 3.63) is 0 Å². The molecule has 0 aromatic heterocycles. The van der Waals surface area contributed by atoms with Crippen molar-refractivity contribution in [3.8, 4) is 0 Å². The molecule has 0 aliphatic heterocycles. The van der Waals surface area contributed by atoms with E-state index in [1.807, 2.05) is 0 Å². The van der Waals surface area contributed by atoms with Crippen molar-refractivity contribution in [2.45, 2.75) is 46.4 Å². The molecule has 0 bridgehead atoms. The fraction of sp³-hybridized carbons (Fsp3) is 1.00. The summed E-state index contributed by atoms with van der Waals surface area (Å²) in [5.74, 6) is 2.19. The Morgan fingerprint density at radius 3 is 2.24 bits per heavy atom. The van der Waals surface area contributed by atoms with Crippen molar-refractivity contribution in [2.75, 3.05) is 33.4 Å². The van der Waals surface area contributed by atoms with E-state index in [9.17, 15) is 0 Å². The molecule has 0 saturated carbocycles. The summed E-state index contributed by atoms with van der Waals surface area (Å²) >= 11 is 0. The molecule has 3 heteroatoms. The second kappa shape index (κ2) is 9.96. The van der Waals surface area contributed by atoms with Gasteiger partial charge in [-0.05, 0) is 44.1 Å². The van der Waals surface area contributed by atoms with Crippen molar-refractivity contribution < 1.29 is 4.74 Å². The minimum Gasteiger partial charge on any atom is -0.382 e. The van der Waals surface area contributed by atoms with E-state index in [2.05, 4.69) is 47.5 Å². The number of ether oxygens (including phenoxy) is 1. The fourth-order valence-electron chi connectivity index (χ4n) is 2.16. The minimum absolute atomic E-state index is 0.637. The molecule has 0 aliphatic carbocycles. The highest BCUT2D eigenvalue weighted by Gasteiger charge is 2.08. The highest BCUT2D eigenvalue weighted by atomic mass is 16.5. The van der Waals surface area contributed by atoms with Crippen molar-refractivity contribution in [1.29, 1.82) is 0 Å².